The Kier molecular flexibility index (Phi) is 7.93. The lowest BCUT2D eigenvalue weighted by Gasteiger charge is -2.38. The number of likely N-dealkylation sites (tertiary alicyclic amines) is 1. The van der Waals surface area contributed by atoms with Crippen molar-refractivity contribution >= 4 is 42.1 Å². The van der Waals surface area contributed by atoms with Gasteiger partial charge in [-0.05, 0) is 46.1 Å². The molecule has 25 heavy (non-hydrogen) atoms. The summed E-state index contributed by atoms with van der Waals surface area (Å²) in [5.41, 5.74) is 8.88. The van der Waals surface area contributed by atoms with Gasteiger partial charge in [-0.3, -0.25) is 9.36 Å². The molecule has 1 aliphatic heterocycles. The average Bonchev–Trinajstić information content (AvgIpc) is 3.14. The molecule has 3 rings (SSSR count). The van der Waals surface area contributed by atoms with Crippen molar-refractivity contribution in [2.45, 2.75) is 52.1 Å². The lowest BCUT2D eigenvalue weighted by Crippen LogP contribution is -2.51. The van der Waals surface area contributed by atoms with E-state index < -0.39 is 0 Å². The predicted octanol–water partition coefficient (Wildman–Crippen LogP) is 3.74. The summed E-state index contributed by atoms with van der Waals surface area (Å²) in [5.74, 6) is 0.0999. The van der Waals surface area contributed by atoms with Gasteiger partial charge in [-0.1, -0.05) is 0 Å². The van der Waals surface area contributed by atoms with Gasteiger partial charge in [-0.15, -0.1) is 36.2 Å². The van der Waals surface area contributed by atoms with E-state index in [-0.39, 0.29) is 42.8 Å². The van der Waals surface area contributed by atoms with Gasteiger partial charge < -0.3 is 10.6 Å². The Morgan fingerprint density at radius 2 is 2.08 bits per heavy atom. The fraction of sp³-hybridized carbons (Fsp3) is 0.529. The topological polar surface area (TPSA) is 64.2 Å². The summed E-state index contributed by atoms with van der Waals surface area (Å²) in [6.45, 7) is 6.80. The van der Waals surface area contributed by atoms with Gasteiger partial charge in [0.2, 0.25) is 0 Å². The van der Waals surface area contributed by atoms with E-state index >= 15 is 0 Å². The number of piperidine rings is 1. The standard InChI is InChI=1S/C17H24N4OS.2ClH/c1-11-10-14(13(3)21(11)17-19-7-9-23-17)16(22)20-8-5-4-6-15(20)12(2)18;;/h7,9-10,12,15H,4-6,8,18H2,1-3H3;2*1H. The van der Waals surface area contributed by atoms with Crippen LogP contribution in [0.25, 0.3) is 5.13 Å². The Balaban J connectivity index is 0.00000156. The number of nitrogens with zero attached hydrogens (tertiary/aromatic N) is 3. The van der Waals surface area contributed by atoms with Crippen molar-refractivity contribution in [2.75, 3.05) is 6.54 Å². The molecule has 8 heteroatoms. The number of aryl methyl sites for hydroxylation is 1. The van der Waals surface area contributed by atoms with E-state index in [1.807, 2.05) is 37.1 Å². The van der Waals surface area contributed by atoms with Crippen molar-refractivity contribution in [2.24, 2.45) is 5.73 Å². The Labute approximate surface area is 165 Å². The molecule has 0 radical (unpaired) electrons. The number of nitrogens with two attached hydrogens (primary N) is 1. The molecule has 1 fully saturated rings. The Hall–Kier alpha value is -1.08. The molecule has 3 heterocycles. The summed E-state index contributed by atoms with van der Waals surface area (Å²) in [5, 5.41) is 2.85. The normalized spacial score (nSPS) is 18.2. The van der Waals surface area contributed by atoms with E-state index in [1.165, 1.54) is 0 Å². The Bertz CT molecular complexity index is 700. The molecule has 0 bridgehead atoms. The van der Waals surface area contributed by atoms with E-state index in [9.17, 15) is 4.79 Å². The van der Waals surface area contributed by atoms with Gasteiger partial charge >= 0.3 is 0 Å². The van der Waals surface area contributed by atoms with Crippen LogP contribution in [0, 0.1) is 13.8 Å². The van der Waals surface area contributed by atoms with Crippen molar-refractivity contribution < 1.29 is 4.79 Å². The summed E-state index contributed by atoms with van der Waals surface area (Å²) in [6, 6.07) is 2.12. The van der Waals surface area contributed by atoms with Crippen molar-refractivity contribution in [1.29, 1.82) is 0 Å². The summed E-state index contributed by atoms with van der Waals surface area (Å²) in [4.78, 5) is 19.5. The van der Waals surface area contributed by atoms with Crippen LogP contribution in [0.3, 0.4) is 0 Å². The highest BCUT2D eigenvalue weighted by Crippen LogP contribution is 2.26. The molecule has 1 aliphatic rings. The third kappa shape index (κ3) is 4.19. The molecule has 1 amide bonds. The zero-order chi connectivity index (χ0) is 16.6. The van der Waals surface area contributed by atoms with Crippen LogP contribution in [-0.2, 0) is 0 Å². The van der Waals surface area contributed by atoms with Crippen molar-refractivity contribution in [1.82, 2.24) is 14.5 Å². The lowest BCUT2D eigenvalue weighted by atomic mass is 9.96. The highest BCUT2D eigenvalue weighted by atomic mass is 35.5. The van der Waals surface area contributed by atoms with Gasteiger partial charge in [-0.25, -0.2) is 4.98 Å². The molecule has 5 nitrogen and oxygen atoms in total. The zero-order valence-corrected chi connectivity index (χ0v) is 17.2. The highest BCUT2D eigenvalue weighted by molar-refractivity contribution is 7.12. The van der Waals surface area contributed by atoms with Gasteiger partial charge in [0.15, 0.2) is 5.13 Å². The monoisotopic (exact) mass is 404 g/mol. The van der Waals surface area contributed by atoms with Crippen LogP contribution in [0.2, 0.25) is 0 Å². The van der Waals surface area contributed by atoms with Crippen LogP contribution < -0.4 is 5.73 Å². The smallest absolute Gasteiger partial charge is 0.256 e. The zero-order valence-electron chi connectivity index (χ0n) is 14.8. The molecule has 2 atom stereocenters. The molecular formula is C17H26Cl2N4OS. The molecular weight excluding hydrogens is 379 g/mol. The number of amides is 1. The first-order chi connectivity index (χ1) is 11.0. The maximum absolute atomic E-state index is 13.1. The van der Waals surface area contributed by atoms with Crippen LogP contribution in [0.15, 0.2) is 17.6 Å². The maximum atomic E-state index is 13.1. The molecule has 0 aliphatic carbocycles. The first kappa shape index (κ1) is 22.0. The van der Waals surface area contributed by atoms with Crippen molar-refractivity contribution in [3.05, 3.63) is 34.6 Å². The minimum Gasteiger partial charge on any atom is -0.334 e. The van der Waals surface area contributed by atoms with Crippen LogP contribution in [-0.4, -0.2) is 39.0 Å². The maximum Gasteiger partial charge on any atom is 0.256 e. The largest absolute Gasteiger partial charge is 0.334 e. The number of carbonyl (C=O) groups excluding carboxylic acids is 1. The van der Waals surface area contributed by atoms with Crippen LogP contribution in [0.1, 0.15) is 47.9 Å². The van der Waals surface area contributed by atoms with Crippen molar-refractivity contribution in [3.63, 3.8) is 0 Å². The Morgan fingerprint density at radius 1 is 1.36 bits per heavy atom. The van der Waals surface area contributed by atoms with Gasteiger partial charge in [0.25, 0.3) is 5.91 Å². The molecule has 2 aromatic heterocycles. The molecule has 0 aromatic carbocycles. The second-order valence-corrected chi connectivity index (χ2v) is 7.23. The number of halogens is 2. The lowest BCUT2D eigenvalue weighted by molar-refractivity contribution is 0.0583. The van der Waals surface area contributed by atoms with Gasteiger partial charge in [0.1, 0.15) is 0 Å². The Morgan fingerprint density at radius 3 is 2.68 bits per heavy atom. The number of thiazole rings is 1. The fourth-order valence-electron chi connectivity index (χ4n) is 3.51. The summed E-state index contributed by atoms with van der Waals surface area (Å²) < 4.78 is 2.06. The van der Waals surface area contributed by atoms with E-state index in [0.717, 1.165) is 47.9 Å². The van der Waals surface area contributed by atoms with Gasteiger partial charge in [0, 0.05) is 41.6 Å². The molecule has 140 valence electrons. The van der Waals surface area contributed by atoms with E-state index in [1.54, 1.807) is 17.5 Å². The molecule has 2 unspecified atom stereocenters. The average molecular weight is 405 g/mol. The highest BCUT2D eigenvalue weighted by Gasteiger charge is 2.31. The third-order valence-electron chi connectivity index (χ3n) is 4.69. The number of hydrogen-bond donors (Lipinski definition) is 1. The summed E-state index contributed by atoms with van der Waals surface area (Å²) >= 11 is 1.58. The molecule has 0 saturated carbocycles. The molecule has 1 saturated heterocycles. The molecule has 2 aromatic rings. The van der Waals surface area contributed by atoms with Gasteiger partial charge in [-0.2, -0.15) is 0 Å². The number of hydrogen-bond acceptors (Lipinski definition) is 4. The number of rotatable bonds is 3. The van der Waals surface area contributed by atoms with Crippen LogP contribution in [0.4, 0.5) is 0 Å². The first-order valence-corrected chi connectivity index (χ1v) is 9.04. The third-order valence-corrected chi connectivity index (χ3v) is 5.45. The minimum absolute atomic E-state index is 0. The molecule has 2 N–H and O–H groups in total. The van der Waals surface area contributed by atoms with Gasteiger partial charge in [0.05, 0.1) is 5.56 Å². The second kappa shape index (κ2) is 9.03. The fourth-order valence-corrected chi connectivity index (χ4v) is 4.26. The summed E-state index contributed by atoms with van der Waals surface area (Å²) in [7, 11) is 0. The summed E-state index contributed by atoms with van der Waals surface area (Å²) in [6.07, 6.45) is 4.99. The first-order valence-electron chi connectivity index (χ1n) is 8.16. The van der Waals surface area contributed by atoms with Crippen LogP contribution >= 0.6 is 36.2 Å². The minimum atomic E-state index is 0. The predicted molar refractivity (Wildman–Crippen MR) is 108 cm³/mol. The quantitative estimate of drug-likeness (QED) is 0.846. The van der Waals surface area contributed by atoms with Crippen LogP contribution in [0.5, 0.6) is 0 Å². The van der Waals surface area contributed by atoms with E-state index in [2.05, 4.69) is 9.55 Å². The van der Waals surface area contributed by atoms with E-state index in [0.29, 0.717) is 0 Å². The number of aromatic nitrogens is 2. The second-order valence-electron chi connectivity index (χ2n) is 6.36. The van der Waals surface area contributed by atoms with Crippen molar-refractivity contribution in [3.8, 4) is 5.13 Å². The molecule has 0 spiro atoms. The SMILES string of the molecule is Cc1cc(C(=O)N2CCCCC2C(C)N)c(C)n1-c1nccs1.Cl.Cl. The van der Waals surface area contributed by atoms with E-state index in [4.69, 9.17) is 5.73 Å². The number of carbonyl (C=O) groups is 1.